The van der Waals surface area contributed by atoms with Gasteiger partial charge in [-0.1, -0.05) is 30.5 Å². The van der Waals surface area contributed by atoms with Gasteiger partial charge in [-0.2, -0.15) is 0 Å². The molecule has 1 aromatic rings. The summed E-state index contributed by atoms with van der Waals surface area (Å²) in [5.74, 6) is 5.36. The van der Waals surface area contributed by atoms with Gasteiger partial charge in [0.1, 0.15) is 5.82 Å². The molecule has 2 rings (SSSR count). The Morgan fingerprint density at radius 1 is 1.40 bits per heavy atom. The van der Waals surface area contributed by atoms with Gasteiger partial charge in [0.25, 0.3) is 0 Å². The van der Waals surface area contributed by atoms with E-state index in [-0.39, 0.29) is 16.6 Å². The summed E-state index contributed by atoms with van der Waals surface area (Å²) in [6, 6.07) is 3.23. The second-order valence-corrected chi connectivity index (χ2v) is 6.80. The van der Waals surface area contributed by atoms with Crippen molar-refractivity contribution in [1.29, 1.82) is 0 Å². The van der Waals surface area contributed by atoms with E-state index in [1.807, 2.05) is 14.1 Å². The van der Waals surface area contributed by atoms with Crippen molar-refractivity contribution in [2.24, 2.45) is 5.84 Å². The molecule has 1 saturated carbocycles. The normalized spacial score (nSPS) is 19.6. The number of rotatable bonds is 4. The van der Waals surface area contributed by atoms with Crippen molar-refractivity contribution in [1.82, 2.24) is 10.3 Å². The molecule has 6 heteroatoms. The molecule has 3 N–H and O–H groups in total. The minimum atomic E-state index is -0.405. The maximum atomic E-state index is 14.5. The van der Waals surface area contributed by atoms with E-state index >= 15 is 0 Å². The number of hydrogen-bond donors (Lipinski definition) is 2. The second-order valence-electron chi connectivity index (χ2n) is 5.57. The Hall–Kier alpha value is -0.200. The molecule has 0 spiro atoms. The first kappa shape index (κ1) is 16.2. The van der Waals surface area contributed by atoms with Crippen LogP contribution in [0.25, 0.3) is 0 Å². The smallest absolute Gasteiger partial charge is 0.147 e. The van der Waals surface area contributed by atoms with E-state index in [1.165, 1.54) is 0 Å². The van der Waals surface area contributed by atoms with Gasteiger partial charge in [-0.3, -0.25) is 11.3 Å². The van der Waals surface area contributed by atoms with Crippen molar-refractivity contribution in [2.45, 2.75) is 37.3 Å². The zero-order valence-corrected chi connectivity index (χ0v) is 14.1. The van der Waals surface area contributed by atoms with E-state index in [0.717, 1.165) is 25.7 Å². The Morgan fingerprint density at radius 3 is 2.50 bits per heavy atom. The van der Waals surface area contributed by atoms with Crippen LogP contribution in [0.3, 0.4) is 0 Å². The minimum Gasteiger partial charge on any atom is -0.302 e. The molecule has 1 atom stereocenters. The largest absolute Gasteiger partial charge is 0.302 e. The molecule has 1 aromatic carbocycles. The van der Waals surface area contributed by atoms with Crippen LogP contribution in [0.15, 0.2) is 16.6 Å². The topological polar surface area (TPSA) is 41.3 Å². The molecule has 0 bridgehead atoms. The van der Waals surface area contributed by atoms with Crippen LogP contribution in [0, 0.1) is 5.82 Å². The first-order valence-electron chi connectivity index (χ1n) is 6.71. The van der Waals surface area contributed by atoms with E-state index in [9.17, 15) is 4.39 Å². The highest BCUT2D eigenvalue weighted by molar-refractivity contribution is 9.10. The highest BCUT2D eigenvalue weighted by Crippen LogP contribution is 2.44. The van der Waals surface area contributed by atoms with Crippen LogP contribution < -0.4 is 11.3 Å². The predicted molar refractivity (Wildman–Crippen MR) is 84.1 cm³/mol. The molecule has 1 unspecified atom stereocenters. The Morgan fingerprint density at radius 2 is 2.00 bits per heavy atom. The van der Waals surface area contributed by atoms with Crippen molar-refractivity contribution in [3.8, 4) is 0 Å². The summed E-state index contributed by atoms with van der Waals surface area (Å²) < 4.78 is 15.1. The summed E-state index contributed by atoms with van der Waals surface area (Å²) in [7, 11) is 4.04. The number of halogens is 3. The van der Waals surface area contributed by atoms with Crippen molar-refractivity contribution in [3.05, 3.63) is 33.0 Å². The van der Waals surface area contributed by atoms with Crippen molar-refractivity contribution in [2.75, 3.05) is 14.1 Å². The fourth-order valence-corrected chi connectivity index (χ4v) is 3.76. The van der Waals surface area contributed by atoms with E-state index in [4.69, 9.17) is 17.4 Å². The van der Waals surface area contributed by atoms with Crippen molar-refractivity contribution in [3.63, 3.8) is 0 Å². The summed E-state index contributed by atoms with van der Waals surface area (Å²) in [4.78, 5) is 2.15. The molecular weight excluding hydrogens is 345 g/mol. The van der Waals surface area contributed by atoms with Crippen LogP contribution in [0.5, 0.6) is 0 Å². The van der Waals surface area contributed by atoms with Crippen LogP contribution in [-0.2, 0) is 0 Å². The molecule has 1 fully saturated rings. The zero-order chi connectivity index (χ0) is 14.9. The van der Waals surface area contributed by atoms with Crippen LogP contribution in [0.2, 0.25) is 5.02 Å². The molecule has 3 nitrogen and oxygen atoms in total. The molecule has 0 radical (unpaired) electrons. The molecule has 0 aliphatic heterocycles. The lowest BCUT2D eigenvalue weighted by Crippen LogP contribution is -2.53. The third-order valence-corrected chi connectivity index (χ3v) is 5.70. The van der Waals surface area contributed by atoms with Gasteiger partial charge in [-0.15, -0.1) is 0 Å². The standard InChI is InChI=1S/C14H20BrClFN3/c1-20(2)14(7-3-4-8-14)13(19-18)9-5-6-10(15)11(16)12(9)17/h5-6,13,19H,3-4,7-8,18H2,1-2H3. The van der Waals surface area contributed by atoms with Crippen LogP contribution in [-0.4, -0.2) is 24.5 Å². The van der Waals surface area contributed by atoms with Gasteiger partial charge in [0, 0.05) is 15.6 Å². The number of nitrogens with one attached hydrogen (secondary N) is 1. The highest BCUT2D eigenvalue weighted by Gasteiger charge is 2.44. The number of hydrazine groups is 1. The first-order valence-corrected chi connectivity index (χ1v) is 7.88. The van der Waals surface area contributed by atoms with E-state index in [0.29, 0.717) is 10.0 Å². The lowest BCUT2D eigenvalue weighted by Gasteiger charge is -2.43. The Kier molecular flexibility index (Phi) is 5.08. The maximum absolute atomic E-state index is 14.5. The van der Waals surface area contributed by atoms with Gasteiger partial charge in [0.15, 0.2) is 0 Å². The summed E-state index contributed by atoms with van der Waals surface area (Å²) in [6.45, 7) is 0. The van der Waals surface area contributed by atoms with E-state index in [2.05, 4.69) is 26.3 Å². The molecule has 0 aromatic heterocycles. The summed E-state index contributed by atoms with van der Waals surface area (Å²) in [5, 5.41) is 0.106. The van der Waals surface area contributed by atoms with Gasteiger partial charge < -0.3 is 4.90 Å². The predicted octanol–water partition coefficient (Wildman–Crippen LogP) is 3.62. The fourth-order valence-electron chi connectivity index (χ4n) is 3.28. The van der Waals surface area contributed by atoms with Crippen LogP contribution in [0.4, 0.5) is 4.39 Å². The highest BCUT2D eigenvalue weighted by atomic mass is 79.9. The maximum Gasteiger partial charge on any atom is 0.147 e. The minimum absolute atomic E-state index is 0.106. The fraction of sp³-hybridized carbons (Fsp3) is 0.571. The number of nitrogens with zero attached hydrogens (tertiary/aromatic N) is 1. The quantitative estimate of drug-likeness (QED) is 0.487. The molecule has 112 valence electrons. The molecular formula is C14H20BrClFN3. The number of hydrogen-bond acceptors (Lipinski definition) is 3. The van der Waals surface area contributed by atoms with E-state index in [1.54, 1.807) is 12.1 Å². The second kappa shape index (κ2) is 6.28. The van der Waals surface area contributed by atoms with Crippen LogP contribution in [0.1, 0.15) is 37.3 Å². The molecule has 20 heavy (non-hydrogen) atoms. The van der Waals surface area contributed by atoms with Crippen molar-refractivity contribution < 1.29 is 4.39 Å². The SMILES string of the molecule is CN(C)C1(C(NN)c2ccc(Br)c(Cl)c2F)CCCC1. The van der Waals surface area contributed by atoms with Gasteiger partial charge in [0.2, 0.25) is 0 Å². The number of likely N-dealkylation sites (N-methyl/N-ethyl adjacent to an activating group) is 1. The third kappa shape index (κ3) is 2.62. The van der Waals surface area contributed by atoms with Crippen molar-refractivity contribution >= 4 is 27.5 Å². The third-order valence-electron chi connectivity index (χ3n) is 4.44. The number of nitrogens with two attached hydrogens (primary N) is 1. The number of benzene rings is 1. The Labute approximate surface area is 132 Å². The zero-order valence-electron chi connectivity index (χ0n) is 11.7. The molecule has 0 saturated heterocycles. The lowest BCUT2D eigenvalue weighted by atomic mass is 9.82. The van der Waals surface area contributed by atoms with E-state index < -0.39 is 5.82 Å². The van der Waals surface area contributed by atoms with Gasteiger partial charge >= 0.3 is 0 Å². The summed E-state index contributed by atoms with van der Waals surface area (Å²) >= 11 is 9.25. The van der Waals surface area contributed by atoms with Gasteiger partial charge in [0.05, 0.1) is 11.1 Å². The molecule has 1 aliphatic rings. The van der Waals surface area contributed by atoms with Gasteiger partial charge in [-0.05, 0) is 48.9 Å². The molecule has 1 aliphatic carbocycles. The van der Waals surface area contributed by atoms with Gasteiger partial charge in [-0.25, -0.2) is 4.39 Å². The lowest BCUT2D eigenvalue weighted by molar-refractivity contribution is 0.103. The average molecular weight is 365 g/mol. The Bertz CT molecular complexity index is 490. The molecule has 0 heterocycles. The molecule has 0 amide bonds. The monoisotopic (exact) mass is 363 g/mol. The summed E-state index contributed by atoms with van der Waals surface area (Å²) in [5.41, 5.74) is 3.16. The summed E-state index contributed by atoms with van der Waals surface area (Å²) in [6.07, 6.45) is 4.23. The average Bonchev–Trinajstić information content (AvgIpc) is 2.90. The Balaban J connectivity index is 2.49. The van der Waals surface area contributed by atoms with Crippen LogP contribution >= 0.6 is 27.5 Å². The first-order chi connectivity index (χ1) is 9.44.